The number of rotatable bonds is 3. The van der Waals surface area contributed by atoms with Crippen LogP contribution in [0, 0.1) is 6.92 Å². The van der Waals surface area contributed by atoms with Gasteiger partial charge in [0.05, 0.1) is 0 Å². The molecule has 0 fully saturated rings. The maximum absolute atomic E-state index is 2.31. The summed E-state index contributed by atoms with van der Waals surface area (Å²) in [4.78, 5) is 2.31. The van der Waals surface area contributed by atoms with Crippen LogP contribution >= 0.6 is 11.3 Å². The molecule has 3 aromatic carbocycles. The first-order chi connectivity index (χ1) is 11.3. The maximum Gasteiger partial charge on any atom is 0.0468 e. The van der Waals surface area contributed by atoms with Crippen molar-refractivity contribution in [2.45, 2.75) is 6.92 Å². The molecule has 0 amide bonds. The minimum Gasteiger partial charge on any atom is -0.310 e. The number of thiophene rings is 1. The van der Waals surface area contributed by atoms with Crippen molar-refractivity contribution >= 4 is 38.5 Å². The number of nitrogens with zero attached hydrogens (tertiary/aromatic N) is 1. The van der Waals surface area contributed by atoms with Crippen LogP contribution in [0.2, 0.25) is 0 Å². The lowest BCUT2D eigenvalue weighted by molar-refractivity contribution is 1.28. The summed E-state index contributed by atoms with van der Waals surface area (Å²) < 4.78 is 1.33. The molecule has 0 bridgehead atoms. The van der Waals surface area contributed by atoms with Crippen LogP contribution in [0.5, 0.6) is 0 Å². The normalized spacial score (nSPS) is 10.8. The van der Waals surface area contributed by atoms with Crippen LogP contribution in [0.1, 0.15) is 5.56 Å². The van der Waals surface area contributed by atoms with Crippen molar-refractivity contribution < 1.29 is 0 Å². The van der Waals surface area contributed by atoms with E-state index in [-0.39, 0.29) is 0 Å². The van der Waals surface area contributed by atoms with E-state index in [1.54, 1.807) is 11.3 Å². The van der Waals surface area contributed by atoms with Crippen LogP contribution in [-0.4, -0.2) is 0 Å². The zero-order valence-corrected chi connectivity index (χ0v) is 13.8. The Kier molecular flexibility index (Phi) is 3.60. The molecule has 1 nitrogen and oxygen atoms in total. The lowest BCUT2D eigenvalue weighted by atomic mass is 10.1. The summed E-state index contributed by atoms with van der Waals surface area (Å²) in [5.74, 6) is 0. The third-order valence-electron chi connectivity index (χ3n) is 3.97. The van der Waals surface area contributed by atoms with Gasteiger partial charge < -0.3 is 4.90 Å². The van der Waals surface area contributed by atoms with Gasteiger partial charge in [0.25, 0.3) is 0 Å². The molecule has 4 aromatic rings. The van der Waals surface area contributed by atoms with Gasteiger partial charge in [-0.3, -0.25) is 0 Å². The molecule has 4 rings (SSSR count). The zero-order chi connectivity index (χ0) is 15.6. The fraction of sp³-hybridized carbons (Fsp3) is 0.0476. The van der Waals surface area contributed by atoms with Crippen molar-refractivity contribution in [1.82, 2.24) is 0 Å². The monoisotopic (exact) mass is 315 g/mol. The highest BCUT2D eigenvalue weighted by molar-refractivity contribution is 7.17. The zero-order valence-electron chi connectivity index (χ0n) is 12.9. The van der Waals surface area contributed by atoms with E-state index >= 15 is 0 Å². The molecule has 23 heavy (non-hydrogen) atoms. The number of aryl methyl sites for hydroxylation is 1. The summed E-state index contributed by atoms with van der Waals surface area (Å²) in [5.41, 5.74) is 4.81. The minimum absolute atomic E-state index is 1.17. The second kappa shape index (κ2) is 5.90. The number of anilines is 3. The maximum atomic E-state index is 2.31. The fourth-order valence-electron chi connectivity index (χ4n) is 2.88. The van der Waals surface area contributed by atoms with Crippen LogP contribution in [-0.2, 0) is 0 Å². The molecule has 0 N–H and O–H groups in total. The Hall–Kier alpha value is -2.58. The van der Waals surface area contributed by atoms with E-state index in [4.69, 9.17) is 0 Å². The summed E-state index contributed by atoms with van der Waals surface area (Å²) >= 11 is 1.78. The van der Waals surface area contributed by atoms with Gasteiger partial charge in [0.15, 0.2) is 0 Å². The molecule has 0 radical (unpaired) electrons. The highest BCUT2D eigenvalue weighted by Gasteiger charge is 2.12. The average Bonchev–Trinajstić information content (AvgIpc) is 3.04. The molecule has 0 aliphatic carbocycles. The third kappa shape index (κ3) is 2.73. The second-order valence-corrected chi connectivity index (χ2v) is 6.60. The first-order valence-electron chi connectivity index (χ1n) is 7.70. The summed E-state index contributed by atoms with van der Waals surface area (Å²) in [6, 6.07) is 28.0. The number of fused-ring (bicyclic) bond motifs is 1. The Labute approximate surface area is 140 Å². The van der Waals surface area contributed by atoms with Crippen LogP contribution in [0.25, 0.3) is 10.1 Å². The van der Waals surface area contributed by atoms with Crippen molar-refractivity contribution in [2.75, 3.05) is 4.90 Å². The van der Waals surface area contributed by atoms with E-state index in [1.807, 2.05) is 0 Å². The van der Waals surface area contributed by atoms with E-state index in [2.05, 4.69) is 96.1 Å². The Bertz CT molecular complexity index is 940. The van der Waals surface area contributed by atoms with Gasteiger partial charge >= 0.3 is 0 Å². The van der Waals surface area contributed by atoms with Crippen LogP contribution in [0.4, 0.5) is 17.1 Å². The number of hydrogen-bond acceptors (Lipinski definition) is 2. The van der Waals surface area contributed by atoms with Crippen molar-refractivity contribution in [3.05, 3.63) is 89.8 Å². The Morgan fingerprint density at radius 3 is 2.30 bits per heavy atom. The molecular formula is C21H17NS. The van der Waals surface area contributed by atoms with Crippen LogP contribution in [0.3, 0.4) is 0 Å². The van der Waals surface area contributed by atoms with Crippen LogP contribution in [0.15, 0.2) is 84.2 Å². The van der Waals surface area contributed by atoms with Gasteiger partial charge in [-0.05, 0) is 71.8 Å². The van der Waals surface area contributed by atoms with E-state index in [9.17, 15) is 0 Å². The summed E-state index contributed by atoms with van der Waals surface area (Å²) in [5, 5.41) is 3.44. The minimum atomic E-state index is 1.17. The van der Waals surface area contributed by atoms with E-state index in [0.29, 0.717) is 0 Å². The molecule has 0 aliphatic rings. The molecular weight excluding hydrogens is 298 g/mol. The summed E-state index contributed by atoms with van der Waals surface area (Å²) in [6.45, 7) is 2.13. The number of para-hydroxylation sites is 1. The molecule has 0 saturated heterocycles. The van der Waals surface area contributed by atoms with E-state index in [1.165, 1.54) is 32.7 Å². The molecule has 0 saturated carbocycles. The Morgan fingerprint density at radius 1 is 0.696 bits per heavy atom. The average molecular weight is 315 g/mol. The van der Waals surface area contributed by atoms with Crippen molar-refractivity contribution in [1.29, 1.82) is 0 Å². The first kappa shape index (κ1) is 14.0. The Morgan fingerprint density at radius 2 is 1.48 bits per heavy atom. The highest BCUT2D eigenvalue weighted by Crippen LogP contribution is 2.36. The van der Waals surface area contributed by atoms with Gasteiger partial charge in [-0.2, -0.15) is 0 Å². The molecule has 112 valence electrons. The molecule has 0 unspecified atom stereocenters. The molecule has 0 spiro atoms. The third-order valence-corrected chi connectivity index (χ3v) is 4.87. The number of hydrogen-bond donors (Lipinski definition) is 0. The van der Waals surface area contributed by atoms with Crippen LogP contribution < -0.4 is 4.90 Å². The van der Waals surface area contributed by atoms with Gasteiger partial charge in [0.2, 0.25) is 0 Å². The molecule has 0 aliphatic heterocycles. The molecule has 0 atom stereocenters. The lowest BCUT2D eigenvalue weighted by Crippen LogP contribution is -2.09. The second-order valence-electron chi connectivity index (χ2n) is 5.65. The number of benzene rings is 3. The topological polar surface area (TPSA) is 3.24 Å². The fourth-order valence-corrected chi connectivity index (χ4v) is 3.66. The SMILES string of the molecule is Cc1cccc(N(c2ccccc2)c2ccc3sccc3c2)c1. The van der Waals surface area contributed by atoms with Gasteiger partial charge in [-0.15, -0.1) is 11.3 Å². The standard InChI is InChI=1S/C21H17NS/c1-16-6-5-9-19(14-16)22(18-7-3-2-4-8-18)20-10-11-21-17(15-20)12-13-23-21/h2-15H,1H3. The van der Waals surface area contributed by atoms with Crippen molar-refractivity contribution in [2.24, 2.45) is 0 Å². The highest BCUT2D eigenvalue weighted by atomic mass is 32.1. The van der Waals surface area contributed by atoms with E-state index in [0.717, 1.165) is 0 Å². The Balaban J connectivity index is 1.91. The lowest BCUT2D eigenvalue weighted by Gasteiger charge is -2.25. The molecule has 2 heteroatoms. The van der Waals surface area contributed by atoms with Gasteiger partial charge in [0.1, 0.15) is 0 Å². The van der Waals surface area contributed by atoms with Crippen molar-refractivity contribution in [3.63, 3.8) is 0 Å². The van der Waals surface area contributed by atoms with Gasteiger partial charge in [-0.1, -0.05) is 30.3 Å². The molecule has 1 heterocycles. The smallest absolute Gasteiger partial charge is 0.0468 e. The van der Waals surface area contributed by atoms with Gasteiger partial charge in [-0.25, -0.2) is 0 Å². The summed E-state index contributed by atoms with van der Waals surface area (Å²) in [6.07, 6.45) is 0. The van der Waals surface area contributed by atoms with Crippen molar-refractivity contribution in [3.8, 4) is 0 Å². The van der Waals surface area contributed by atoms with Gasteiger partial charge in [0, 0.05) is 21.8 Å². The molecule has 1 aromatic heterocycles. The first-order valence-corrected chi connectivity index (χ1v) is 8.58. The summed E-state index contributed by atoms with van der Waals surface area (Å²) in [7, 11) is 0. The predicted molar refractivity (Wildman–Crippen MR) is 101 cm³/mol. The quantitative estimate of drug-likeness (QED) is 0.407. The predicted octanol–water partition coefficient (Wildman–Crippen LogP) is 6.68. The largest absolute Gasteiger partial charge is 0.310 e. The van der Waals surface area contributed by atoms with E-state index < -0.39 is 0 Å².